The van der Waals surface area contributed by atoms with E-state index in [2.05, 4.69) is 30.6 Å². The van der Waals surface area contributed by atoms with Gasteiger partial charge < -0.3 is 15.4 Å². The lowest BCUT2D eigenvalue weighted by atomic mass is 10.3. The van der Waals surface area contributed by atoms with Gasteiger partial charge in [-0.25, -0.2) is 19.9 Å². The molecule has 0 unspecified atom stereocenters. The number of ether oxygens (including phenoxy) is 1. The van der Waals surface area contributed by atoms with Crippen molar-refractivity contribution >= 4 is 49.8 Å². The molecule has 0 amide bonds. The Morgan fingerprint density at radius 3 is 2.59 bits per heavy atom. The maximum atomic E-state index is 11.7. The molecule has 3 aromatic heterocycles. The summed E-state index contributed by atoms with van der Waals surface area (Å²) in [5.41, 5.74) is 1.42. The molecule has 0 aliphatic carbocycles. The number of fused-ring (bicyclic) bond motifs is 1. The second-order valence-corrected chi connectivity index (χ2v) is 7.03. The third-order valence-electron chi connectivity index (χ3n) is 3.98. The lowest BCUT2D eigenvalue weighted by Gasteiger charge is -2.08. The molecule has 2 N–H and O–H groups in total. The predicted molar refractivity (Wildman–Crippen MR) is 110 cm³/mol. The Hall–Kier alpha value is -3.86. The highest BCUT2D eigenvalue weighted by Crippen LogP contribution is 2.35. The molecule has 0 atom stereocenters. The lowest BCUT2D eigenvalue weighted by Crippen LogP contribution is -2.06. The van der Waals surface area contributed by atoms with Crippen molar-refractivity contribution < 1.29 is 9.66 Å². The number of hydrogen-bond donors (Lipinski definition) is 2. The molecule has 29 heavy (non-hydrogen) atoms. The van der Waals surface area contributed by atoms with Gasteiger partial charge in [-0.15, -0.1) is 0 Å². The van der Waals surface area contributed by atoms with Gasteiger partial charge in [0.1, 0.15) is 17.9 Å². The van der Waals surface area contributed by atoms with E-state index in [1.165, 1.54) is 17.7 Å². The van der Waals surface area contributed by atoms with Crippen molar-refractivity contribution in [2.75, 3.05) is 17.7 Å². The minimum Gasteiger partial charge on any atom is -0.497 e. The van der Waals surface area contributed by atoms with Crippen LogP contribution in [0, 0.1) is 17.0 Å². The molecule has 146 valence electrons. The average molecular weight is 409 g/mol. The van der Waals surface area contributed by atoms with Crippen molar-refractivity contribution in [3.63, 3.8) is 0 Å². The van der Waals surface area contributed by atoms with Crippen molar-refractivity contribution in [3.8, 4) is 5.75 Å². The van der Waals surface area contributed by atoms with Crippen LogP contribution in [0.3, 0.4) is 0 Å². The fourth-order valence-corrected chi connectivity index (χ4v) is 3.48. The van der Waals surface area contributed by atoms with Crippen LogP contribution >= 0.6 is 11.3 Å². The second-order valence-electron chi connectivity index (χ2n) is 6.00. The number of pyridine rings is 1. The number of nitro groups is 1. The van der Waals surface area contributed by atoms with E-state index in [9.17, 15) is 10.1 Å². The van der Waals surface area contributed by atoms with Gasteiger partial charge in [0.25, 0.3) is 0 Å². The van der Waals surface area contributed by atoms with Gasteiger partial charge in [-0.3, -0.25) is 10.1 Å². The summed E-state index contributed by atoms with van der Waals surface area (Å²) in [4.78, 5) is 27.9. The highest BCUT2D eigenvalue weighted by Gasteiger charge is 2.24. The zero-order valence-corrected chi connectivity index (χ0v) is 16.2. The van der Waals surface area contributed by atoms with E-state index < -0.39 is 4.92 Å². The third-order valence-corrected chi connectivity index (χ3v) is 4.92. The molecule has 1 aromatic carbocycles. The first-order valence-electron chi connectivity index (χ1n) is 8.44. The highest BCUT2D eigenvalue weighted by atomic mass is 32.1. The number of rotatable bonds is 6. The fourth-order valence-electron chi connectivity index (χ4n) is 2.58. The molecule has 4 rings (SSSR count). The molecule has 0 aliphatic rings. The Balaban J connectivity index is 1.68. The van der Waals surface area contributed by atoms with E-state index in [4.69, 9.17) is 4.74 Å². The van der Waals surface area contributed by atoms with Gasteiger partial charge in [0, 0.05) is 6.20 Å². The second kappa shape index (κ2) is 7.64. The average Bonchev–Trinajstić information content (AvgIpc) is 3.11. The summed E-state index contributed by atoms with van der Waals surface area (Å²) in [7, 11) is 1.59. The fraction of sp³-hybridized carbons (Fsp3) is 0.111. The monoisotopic (exact) mass is 409 g/mol. The highest BCUT2D eigenvalue weighted by molar-refractivity contribution is 7.22. The standard InChI is InChI=1S/C18H15N7O3S/c1-10-3-6-14(19-8-10)23-16-15(25(26)27)17(21-9-20-16)24-18-22-12-5-4-11(28-2)7-13(12)29-18/h3-9H,1-2H3,(H2,19,20,21,22,23,24). The van der Waals surface area contributed by atoms with E-state index in [0.717, 1.165) is 15.8 Å². The molecule has 4 aromatic rings. The van der Waals surface area contributed by atoms with Gasteiger partial charge in [-0.05, 0) is 36.8 Å². The van der Waals surface area contributed by atoms with E-state index in [0.29, 0.717) is 16.7 Å². The Bertz CT molecular complexity index is 1190. The van der Waals surface area contributed by atoms with Crippen molar-refractivity contribution in [1.82, 2.24) is 19.9 Å². The molecular weight excluding hydrogens is 394 g/mol. The molecule has 0 saturated carbocycles. The Kier molecular flexibility index (Phi) is 4.87. The van der Waals surface area contributed by atoms with E-state index >= 15 is 0 Å². The summed E-state index contributed by atoms with van der Waals surface area (Å²) in [6.07, 6.45) is 2.89. The topological polar surface area (TPSA) is 128 Å². The van der Waals surface area contributed by atoms with E-state index in [1.807, 2.05) is 25.1 Å². The zero-order valence-electron chi connectivity index (χ0n) is 15.4. The number of aromatic nitrogens is 4. The van der Waals surface area contributed by atoms with Crippen molar-refractivity contribution in [2.24, 2.45) is 0 Å². The van der Waals surface area contributed by atoms with Crippen LogP contribution in [0.25, 0.3) is 10.2 Å². The summed E-state index contributed by atoms with van der Waals surface area (Å²) in [5.74, 6) is 1.21. The molecule has 0 aliphatic heterocycles. The largest absolute Gasteiger partial charge is 0.497 e. The number of nitrogens with zero attached hydrogens (tertiary/aromatic N) is 5. The Morgan fingerprint density at radius 2 is 1.90 bits per heavy atom. The zero-order chi connectivity index (χ0) is 20.4. The maximum Gasteiger partial charge on any atom is 0.354 e. The van der Waals surface area contributed by atoms with E-state index in [1.54, 1.807) is 25.4 Å². The van der Waals surface area contributed by atoms with Crippen LogP contribution in [0.1, 0.15) is 5.56 Å². The van der Waals surface area contributed by atoms with Gasteiger partial charge in [0.15, 0.2) is 5.13 Å². The predicted octanol–water partition coefficient (Wildman–Crippen LogP) is 4.19. The number of thiazole rings is 1. The molecule has 0 fully saturated rings. The quantitative estimate of drug-likeness (QED) is 0.356. The van der Waals surface area contributed by atoms with Crippen molar-refractivity contribution in [2.45, 2.75) is 6.92 Å². The van der Waals surface area contributed by atoms with Crippen LogP contribution in [0.15, 0.2) is 42.9 Å². The van der Waals surface area contributed by atoms with Crippen LogP contribution in [0.4, 0.5) is 28.3 Å². The number of nitrogens with one attached hydrogen (secondary N) is 2. The van der Waals surface area contributed by atoms with Crippen LogP contribution in [-0.4, -0.2) is 32.0 Å². The summed E-state index contributed by atoms with van der Waals surface area (Å²) in [5, 5.41) is 18.0. The first-order chi connectivity index (χ1) is 14.0. The molecule has 0 radical (unpaired) electrons. The third kappa shape index (κ3) is 3.89. The lowest BCUT2D eigenvalue weighted by molar-refractivity contribution is -0.383. The van der Waals surface area contributed by atoms with Crippen LogP contribution in [0.2, 0.25) is 0 Å². The normalized spacial score (nSPS) is 10.7. The number of methoxy groups -OCH3 is 1. The van der Waals surface area contributed by atoms with Gasteiger partial charge in [0.05, 0.1) is 22.2 Å². The van der Waals surface area contributed by atoms with Crippen LogP contribution in [-0.2, 0) is 0 Å². The summed E-state index contributed by atoms with van der Waals surface area (Å²) in [6.45, 7) is 1.90. The summed E-state index contributed by atoms with van der Waals surface area (Å²) >= 11 is 1.34. The maximum absolute atomic E-state index is 11.7. The SMILES string of the molecule is COc1ccc2nc(Nc3ncnc(Nc4ccc(C)cn4)c3[N+](=O)[O-])sc2c1. The molecular formula is C18H15N7O3S. The van der Waals surface area contributed by atoms with Gasteiger partial charge in [0.2, 0.25) is 11.6 Å². The minimum absolute atomic E-state index is 0.0330. The first kappa shape index (κ1) is 18.5. The molecule has 0 bridgehead atoms. The molecule has 3 heterocycles. The smallest absolute Gasteiger partial charge is 0.354 e. The Labute approximate surface area is 168 Å². The van der Waals surface area contributed by atoms with Crippen LogP contribution < -0.4 is 15.4 Å². The van der Waals surface area contributed by atoms with Gasteiger partial charge in [-0.1, -0.05) is 17.4 Å². The number of benzene rings is 1. The van der Waals surface area contributed by atoms with Crippen molar-refractivity contribution in [1.29, 1.82) is 0 Å². The molecule has 11 heteroatoms. The molecule has 0 spiro atoms. The van der Waals surface area contributed by atoms with E-state index in [-0.39, 0.29) is 17.3 Å². The van der Waals surface area contributed by atoms with Crippen molar-refractivity contribution in [3.05, 3.63) is 58.5 Å². The van der Waals surface area contributed by atoms with Crippen LogP contribution in [0.5, 0.6) is 5.75 Å². The first-order valence-corrected chi connectivity index (χ1v) is 9.26. The number of aryl methyl sites for hydroxylation is 1. The molecule has 0 saturated heterocycles. The van der Waals surface area contributed by atoms with Gasteiger partial charge >= 0.3 is 5.69 Å². The number of hydrogen-bond acceptors (Lipinski definition) is 10. The number of anilines is 4. The molecule has 10 nitrogen and oxygen atoms in total. The van der Waals surface area contributed by atoms with Gasteiger partial charge in [-0.2, -0.15) is 0 Å². The minimum atomic E-state index is -0.546. The Morgan fingerprint density at radius 1 is 1.10 bits per heavy atom. The summed E-state index contributed by atoms with van der Waals surface area (Å²) < 4.78 is 6.09. The summed E-state index contributed by atoms with van der Waals surface area (Å²) in [6, 6.07) is 9.03.